The fourth-order valence-electron chi connectivity index (χ4n) is 0.345. The van der Waals surface area contributed by atoms with Crippen molar-refractivity contribution in [2.45, 2.75) is 26.9 Å². The van der Waals surface area contributed by atoms with Crippen LogP contribution in [0.3, 0.4) is 0 Å². The molecule has 0 aromatic carbocycles. The van der Waals surface area contributed by atoms with Crippen LogP contribution in [0, 0.1) is 0 Å². The zero-order valence-corrected chi connectivity index (χ0v) is 8.07. The van der Waals surface area contributed by atoms with E-state index in [2.05, 4.69) is 6.58 Å². The van der Waals surface area contributed by atoms with E-state index in [1.807, 2.05) is 0 Å². The standard InChI is InChI=1S/C8H11F3S/c1-5(2)6(3)12-7(4)8(9,10)11/h4H2,1-3H3. The van der Waals surface area contributed by atoms with Crippen molar-refractivity contribution in [3.05, 3.63) is 22.0 Å². The largest absolute Gasteiger partial charge is 0.422 e. The zero-order chi connectivity index (χ0) is 9.94. The Labute approximate surface area is 74.5 Å². The molecule has 0 radical (unpaired) electrons. The lowest BCUT2D eigenvalue weighted by Crippen LogP contribution is -2.07. The van der Waals surface area contributed by atoms with Gasteiger partial charge in [-0.2, -0.15) is 13.2 Å². The molecule has 70 valence electrons. The predicted molar refractivity (Wildman–Crippen MR) is 46.8 cm³/mol. The first-order chi connectivity index (χ1) is 5.25. The summed E-state index contributed by atoms with van der Waals surface area (Å²) in [5.74, 6) is 0. The zero-order valence-electron chi connectivity index (χ0n) is 7.25. The molecular formula is C8H11F3S. The average Bonchev–Trinajstić information content (AvgIpc) is 1.85. The Hall–Kier alpha value is -0.380. The van der Waals surface area contributed by atoms with E-state index in [0.29, 0.717) is 16.7 Å². The molecule has 0 unspecified atom stereocenters. The number of halogens is 3. The highest BCUT2D eigenvalue weighted by Crippen LogP contribution is 2.37. The number of thioether (sulfide) groups is 1. The van der Waals surface area contributed by atoms with Crippen molar-refractivity contribution >= 4 is 11.8 Å². The number of allylic oxidation sites excluding steroid dienone is 3. The second-order valence-corrected chi connectivity index (χ2v) is 3.89. The Morgan fingerprint density at radius 1 is 1.17 bits per heavy atom. The topological polar surface area (TPSA) is 0 Å². The highest BCUT2D eigenvalue weighted by molar-refractivity contribution is 8.06. The van der Waals surface area contributed by atoms with E-state index < -0.39 is 11.1 Å². The Balaban J connectivity index is 4.32. The van der Waals surface area contributed by atoms with Gasteiger partial charge in [0.2, 0.25) is 0 Å². The lowest BCUT2D eigenvalue weighted by molar-refractivity contribution is -0.0832. The van der Waals surface area contributed by atoms with Crippen LogP contribution in [0.1, 0.15) is 20.8 Å². The smallest absolute Gasteiger partial charge is 0.166 e. The van der Waals surface area contributed by atoms with Crippen molar-refractivity contribution in [1.29, 1.82) is 0 Å². The molecule has 0 heterocycles. The second-order valence-electron chi connectivity index (χ2n) is 2.58. The van der Waals surface area contributed by atoms with Gasteiger partial charge in [0.15, 0.2) is 0 Å². The van der Waals surface area contributed by atoms with Crippen LogP contribution < -0.4 is 0 Å². The fraction of sp³-hybridized carbons (Fsp3) is 0.500. The summed E-state index contributed by atoms with van der Waals surface area (Å²) in [7, 11) is 0. The predicted octanol–water partition coefficient (Wildman–Crippen LogP) is 4.11. The molecule has 0 saturated heterocycles. The highest BCUT2D eigenvalue weighted by atomic mass is 32.2. The third-order valence-corrected chi connectivity index (χ3v) is 2.49. The van der Waals surface area contributed by atoms with Gasteiger partial charge in [-0.3, -0.25) is 0 Å². The van der Waals surface area contributed by atoms with Crippen LogP contribution in [-0.2, 0) is 0 Å². The molecule has 0 bridgehead atoms. The molecular weight excluding hydrogens is 185 g/mol. The summed E-state index contributed by atoms with van der Waals surface area (Å²) in [5.41, 5.74) is 0.880. The summed E-state index contributed by atoms with van der Waals surface area (Å²) in [6.07, 6.45) is -4.29. The van der Waals surface area contributed by atoms with Crippen molar-refractivity contribution in [1.82, 2.24) is 0 Å². The Morgan fingerprint density at radius 2 is 1.58 bits per heavy atom. The molecule has 0 atom stereocenters. The summed E-state index contributed by atoms with van der Waals surface area (Å²) in [6.45, 7) is 8.14. The normalized spacial score (nSPS) is 11.2. The Morgan fingerprint density at radius 3 is 1.83 bits per heavy atom. The third kappa shape index (κ3) is 3.85. The SMILES string of the molecule is C=C(SC(C)=C(C)C)C(F)(F)F. The minimum Gasteiger partial charge on any atom is -0.166 e. The lowest BCUT2D eigenvalue weighted by atomic mass is 10.3. The maximum Gasteiger partial charge on any atom is 0.422 e. The molecule has 12 heavy (non-hydrogen) atoms. The van der Waals surface area contributed by atoms with Crippen molar-refractivity contribution in [2.75, 3.05) is 0 Å². The van der Waals surface area contributed by atoms with Crippen molar-refractivity contribution < 1.29 is 13.2 Å². The van der Waals surface area contributed by atoms with Gasteiger partial charge < -0.3 is 0 Å². The molecule has 0 aliphatic heterocycles. The molecule has 0 N–H and O–H groups in total. The maximum absolute atomic E-state index is 11.9. The first-order valence-electron chi connectivity index (χ1n) is 3.33. The van der Waals surface area contributed by atoms with Crippen LogP contribution in [0.2, 0.25) is 0 Å². The third-order valence-electron chi connectivity index (χ3n) is 1.30. The number of hydrogen-bond acceptors (Lipinski definition) is 1. The molecule has 0 aliphatic rings. The van der Waals surface area contributed by atoms with E-state index in [9.17, 15) is 13.2 Å². The first-order valence-corrected chi connectivity index (χ1v) is 4.15. The first kappa shape index (κ1) is 11.6. The monoisotopic (exact) mass is 196 g/mol. The Bertz CT molecular complexity index is 209. The van der Waals surface area contributed by atoms with Gasteiger partial charge in [0, 0.05) is 0 Å². The molecule has 0 aromatic heterocycles. The van der Waals surface area contributed by atoms with Gasteiger partial charge in [0.1, 0.15) is 0 Å². The van der Waals surface area contributed by atoms with Gasteiger partial charge in [-0.15, -0.1) is 0 Å². The number of hydrogen-bond donors (Lipinski definition) is 0. The summed E-state index contributed by atoms with van der Waals surface area (Å²) in [4.78, 5) is -0.112. The number of alkyl halides is 3. The van der Waals surface area contributed by atoms with Crippen LogP contribution in [0.5, 0.6) is 0 Å². The van der Waals surface area contributed by atoms with E-state index >= 15 is 0 Å². The van der Waals surface area contributed by atoms with Crippen molar-refractivity contribution in [2.24, 2.45) is 0 Å². The van der Waals surface area contributed by atoms with Crippen molar-refractivity contribution in [3.8, 4) is 0 Å². The van der Waals surface area contributed by atoms with E-state index in [1.165, 1.54) is 0 Å². The van der Waals surface area contributed by atoms with Crippen LogP contribution in [-0.4, -0.2) is 6.18 Å². The van der Waals surface area contributed by atoms with Gasteiger partial charge in [-0.05, 0) is 25.7 Å². The summed E-state index contributed by atoms with van der Waals surface area (Å²) >= 11 is 0.675. The van der Waals surface area contributed by atoms with Crippen LogP contribution in [0.4, 0.5) is 13.2 Å². The van der Waals surface area contributed by atoms with Gasteiger partial charge in [-0.1, -0.05) is 23.9 Å². The maximum atomic E-state index is 11.9. The second kappa shape index (κ2) is 4.03. The molecule has 0 aliphatic carbocycles. The molecule has 0 aromatic rings. The summed E-state index contributed by atoms with van der Waals surface area (Å²) < 4.78 is 35.8. The van der Waals surface area contributed by atoms with E-state index in [1.54, 1.807) is 20.8 Å². The van der Waals surface area contributed by atoms with E-state index in [4.69, 9.17) is 0 Å². The molecule has 4 heteroatoms. The van der Waals surface area contributed by atoms with Gasteiger partial charge in [0.05, 0.1) is 4.91 Å². The molecule has 0 fully saturated rings. The quantitative estimate of drug-likeness (QED) is 0.640. The average molecular weight is 196 g/mol. The Kier molecular flexibility index (Phi) is 3.90. The molecule has 0 amide bonds. The molecule has 0 nitrogen and oxygen atoms in total. The van der Waals surface area contributed by atoms with Crippen LogP contribution in [0.15, 0.2) is 22.0 Å². The molecule has 0 spiro atoms. The van der Waals surface area contributed by atoms with Gasteiger partial charge in [0.25, 0.3) is 0 Å². The van der Waals surface area contributed by atoms with E-state index in [0.717, 1.165) is 5.57 Å². The summed E-state index contributed by atoms with van der Waals surface area (Å²) in [6, 6.07) is 0. The minimum absolute atomic E-state index is 0.650. The lowest BCUT2D eigenvalue weighted by Gasteiger charge is -2.09. The van der Waals surface area contributed by atoms with Gasteiger partial charge >= 0.3 is 6.18 Å². The van der Waals surface area contributed by atoms with Gasteiger partial charge in [-0.25, -0.2) is 0 Å². The molecule has 0 saturated carbocycles. The van der Waals surface area contributed by atoms with Crippen LogP contribution in [0.25, 0.3) is 0 Å². The van der Waals surface area contributed by atoms with Crippen LogP contribution >= 0.6 is 11.8 Å². The highest BCUT2D eigenvalue weighted by Gasteiger charge is 2.32. The van der Waals surface area contributed by atoms with Crippen molar-refractivity contribution in [3.63, 3.8) is 0 Å². The van der Waals surface area contributed by atoms with E-state index in [-0.39, 0.29) is 0 Å². The fourth-order valence-corrected chi connectivity index (χ4v) is 1.03. The summed E-state index contributed by atoms with van der Waals surface area (Å²) in [5, 5.41) is 0. The minimum atomic E-state index is -4.29. The number of rotatable bonds is 2. The molecule has 0 rings (SSSR count).